The SMILES string of the molecule is Cc1ccc2oc(C=CCc3nc4cc(C)ccc4o3)nc2c1. The first-order valence-corrected chi connectivity index (χ1v) is 7.57. The van der Waals surface area contributed by atoms with Crippen LogP contribution in [0.5, 0.6) is 0 Å². The van der Waals surface area contributed by atoms with Gasteiger partial charge in [0.05, 0.1) is 0 Å². The fraction of sp³-hybridized carbons (Fsp3) is 0.158. The van der Waals surface area contributed by atoms with Gasteiger partial charge in [-0.15, -0.1) is 0 Å². The van der Waals surface area contributed by atoms with E-state index in [1.54, 1.807) is 0 Å². The van der Waals surface area contributed by atoms with Crippen LogP contribution in [-0.4, -0.2) is 9.97 Å². The van der Waals surface area contributed by atoms with Crippen LogP contribution < -0.4 is 0 Å². The van der Waals surface area contributed by atoms with Gasteiger partial charge < -0.3 is 8.83 Å². The minimum absolute atomic E-state index is 0.595. The fourth-order valence-electron chi connectivity index (χ4n) is 2.56. The second-order valence-electron chi connectivity index (χ2n) is 5.71. The van der Waals surface area contributed by atoms with Crippen molar-refractivity contribution >= 4 is 28.3 Å². The van der Waals surface area contributed by atoms with E-state index in [-0.39, 0.29) is 0 Å². The van der Waals surface area contributed by atoms with Gasteiger partial charge in [-0.2, -0.15) is 0 Å². The van der Waals surface area contributed by atoms with Crippen LogP contribution in [0.3, 0.4) is 0 Å². The van der Waals surface area contributed by atoms with Crippen molar-refractivity contribution < 1.29 is 8.83 Å². The monoisotopic (exact) mass is 304 g/mol. The van der Waals surface area contributed by atoms with E-state index in [0.29, 0.717) is 18.2 Å². The van der Waals surface area contributed by atoms with E-state index in [2.05, 4.69) is 9.97 Å². The summed E-state index contributed by atoms with van der Waals surface area (Å²) in [5.74, 6) is 1.28. The maximum atomic E-state index is 5.72. The summed E-state index contributed by atoms with van der Waals surface area (Å²) < 4.78 is 11.4. The largest absolute Gasteiger partial charge is 0.440 e. The molecule has 4 rings (SSSR count). The van der Waals surface area contributed by atoms with Crippen molar-refractivity contribution in [1.29, 1.82) is 0 Å². The summed E-state index contributed by atoms with van der Waals surface area (Å²) in [5.41, 5.74) is 5.73. The zero-order valence-electron chi connectivity index (χ0n) is 13.0. The molecule has 0 spiro atoms. The van der Waals surface area contributed by atoms with Crippen molar-refractivity contribution in [2.24, 2.45) is 0 Å². The molecule has 0 aliphatic heterocycles. The molecule has 0 atom stereocenters. The van der Waals surface area contributed by atoms with E-state index < -0.39 is 0 Å². The summed E-state index contributed by atoms with van der Waals surface area (Å²) in [6.07, 6.45) is 4.41. The Kier molecular flexibility index (Phi) is 3.23. The van der Waals surface area contributed by atoms with E-state index in [0.717, 1.165) is 22.2 Å². The number of benzene rings is 2. The highest BCUT2D eigenvalue weighted by atomic mass is 16.4. The Morgan fingerprint density at radius 2 is 1.52 bits per heavy atom. The fourth-order valence-corrected chi connectivity index (χ4v) is 2.56. The molecule has 4 heteroatoms. The molecule has 0 saturated carbocycles. The predicted molar refractivity (Wildman–Crippen MR) is 90.2 cm³/mol. The number of allylic oxidation sites excluding steroid dienone is 1. The summed E-state index contributed by atoms with van der Waals surface area (Å²) in [6.45, 7) is 4.08. The number of rotatable bonds is 3. The Labute approximate surface area is 133 Å². The summed E-state index contributed by atoms with van der Waals surface area (Å²) in [7, 11) is 0. The van der Waals surface area contributed by atoms with Crippen LogP contribution in [0.2, 0.25) is 0 Å². The van der Waals surface area contributed by atoms with Crippen molar-refractivity contribution in [3.05, 3.63) is 65.4 Å². The number of oxazole rings is 2. The molecule has 114 valence electrons. The van der Waals surface area contributed by atoms with Gasteiger partial charge in [-0.1, -0.05) is 18.2 Å². The molecule has 4 nitrogen and oxygen atoms in total. The Bertz CT molecular complexity index is 1020. The molecule has 23 heavy (non-hydrogen) atoms. The quantitative estimate of drug-likeness (QED) is 0.543. The third kappa shape index (κ3) is 2.75. The van der Waals surface area contributed by atoms with E-state index in [9.17, 15) is 0 Å². The van der Waals surface area contributed by atoms with Crippen LogP contribution in [0, 0.1) is 13.8 Å². The summed E-state index contributed by atoms with van der Waals surface area (Å²) in [4.78, 5) is 8.94. The molecule has 0 bridgehead atoms. The second-order valence-corrected chi connectivity index (χ2v) is 5.71. The van der Waals surface area contributed by atoms with Crippen LogP contribution in [0.25, 0.3) is 28.3 Å². The minimum Gasteiger partial charge on any atom is -0.440 e. The maximum Gasteiger partial charge on any atom is 0.219 e. The molecular weight excluding hydrogens is 288 g/mol. The molecule has 2 aromatic heterocycles. The van der Waals surface area contributed by atoms with E-state index in [1.165, 1.54) is 11.1 Å². The molecule has 2 aromatic carbocycles. The van der Waals surface area contributed by atoms with Gasteiger partial charge in [-0.3, -0.25) is 0 Å². The van der Waals surface area contributed by atoms with Gasteiger partial charge >= 0.3 is 0 Å². The summed E-state index contributed by atoms with van der Waals surface area (Å²) >= 11 is 0. The third-order valence-corrected chi connectivity index (χ3v) is 3.70. The standard InChI is InChI=1S/C19H16N2O2/c1-12-6-8-16-14(10-12)20-18(22-16)4-3-5-19-21-15-11-13(2)7-9-17(15)23-19/h3-4,6-11H,5H2,1-2H3. The summed E-state index contributed by atoms with van der Waals surface area (Å²) in [5, 5.41) is 0. The Morgan fingerprint density at radius 3 is 2.26 bits per heavy atom. The molecule has 0 N–H and O–H groups in total. The zero-order valence-corrected chi connectivity index (χ0v) is 13.0. The maximum absolute atomic E-state index is 5.72. The topological polar surface area (TPSA) is 52.1 Å². The lowest BCUT2D eigenvalue weighted by Crippen LogP contribution is -1.79. The average Bonchev–Trinajstić information content (AvgIpc) is 3.09. The molecule has 0 saturated heterocycles. The number of aromatic nitrogens is 2. The van der Waals surface area contributed by atoms with Crippen LogP contribution in [0.15, 0.2) is 51.3 Å². The van der Waals surface area contributed by atoms with Gasteiger partial charge in [0.1, 0.15) is 11.0 Å². The molecular formula is C19H16N2O2. The lowest BCUT2D eigenvalue weighted by molar-refractivity contribution is 0.546. The normalized spacial score (nSPS) is 11.9. The van der Waals surface area contributed by atoms with Crippen molar-refractivity contribution in [3.63, 3.8) is 0 Å². The molecule has 0 fully saturated rings. The minimum atomic E-state index is 0.595. The van der Waals surface area contributed by atoms with Gasteiger partial charge in [0.25, 0.3) is 0 Å². The van der Waals surface area contributed by atoms with E-state index >= 15 is 0 Å². The third-order valence-electron chi connectivity index (χ3n) is 3.70. The first-order chi connectivity index (χ1) is 11.2. The average molecular weight is 304 g/mol. The lowest BCUT2D eigenvalue weighted by atomic mass is 10.2. The first-order valence-electron chi connectivity index (χ1n) is 7.57. The highest BCUT2D eigenvalue weighted by Crippen LogP contribution is 2.19. The van der Waals surface area contributed by atoms with Crippen LogP contribution in [-0.2, 0) is 6.42 Å². The van der Waals surface area contributed by atoms with Gasteiger partial charge in [0, 0.05) is 6.42 Å². The highest BCUT2D eigenvalue weighted by molar-refractivity contribution is 5.75. The van der Waals surface area contributed by atoms with Crippen LogP contribution >= 0.6 is 0 Å². The Hall–Kier alpha value is -2.88. The summed E-state index contributed by atoms with van der Waals surface area (Å²) in [6, 6.07) is 12.0. The van der Waals surface area contributed by atoms with Crippen LogP contribution in [0.1, 0.15) is 22.9 Å². The lowest BCUT2D eigenvalue weighted by Gasteiger charge is -1.87. The number of fused-ring (bicyclic) bond motifs is 2. The number of hydrogen-bond acceptors (Lipinski definition) is 4. The second kappa shape index (κ2) is 5.39. The molecule has 0 aliphatic rings. The van der Waals surface area contributed by atoms with E-state index in [4.69, 9.17) is 8.83 Å². The molecule has 0 amide bonds. The Balaban J connectivity index is 1.55. The molecule has 0 radical (unpaired) electrons. The zero-order chi connectivity index (χ0) is 15.8. The van der Waals surface area contributed by atoms with Crippen molar-refractivity contribution in [1.82, 2.24) is 9.97 Å². The van der Waals surface area contributed by atoms with Gasteiger partial charge in [-0.25, -0.2) is 9.97 Å². The smallest absolute Gasteiger partial charge is 0.219 e. The molecule has 4 aromatic rings. The number of aryl methyl sites for hydroxylation is 2. The van der Waals surface area contributed by atoms with Gasteiger partial charge in [0.15, 0.2) is 17.1 Å². The van der Waals surface area contributed by atoms with Gasteiger partial charge in [-0.05, 0) is 55.3 Å². The first kappa shape index (κ1) is 13.8. The van der Waals surface area contributed by atoms with Crippen molar-refractivity contribution in [2.75, 3.05) is 0 Å². The molecule has 2 heterocycles. The van der Waals surface area contributed by atoms with Gasteiger partial charge in [0.2, 0.25) is 5.89 Å². The van der Waals surface area contributed by atoms with Crippen LogP contribution in [0.4, 0.5) is 0 Å². The predicted octanol–water partition coefficient (Wildman–Crippen LogP) is 4.84. The Morgan fingerprint density at radius 1 is 0.870 bits per heavy atom. The molecule has 0 unspecified atom stereocenters. The highest BCUT2D eigenvalue weighted by Gasteiger charge is 2.05. The van der Waals surface area contributed by atoms with E-state index in [1.807, 2.05) is 62.4 Å². The number of nitrogens with zero attached hydrogens (tertiary/aromatic N) is 2. The number of hydrogen-bond donors (Lipinski definition) is 0. The van der Waals surface area contributed by atoms with Crippen molar-refractivity contribution in [3.8, 4) is 0 Å². The molecule has 0 aliphatic carbocycles. The van der Waals surface area contributed by atoms with Crippen molar-refractivity contribution in [2.45, 2.75) is 20.3 Å².